The number of carbonyl (C=O) groups excluding carboxylic acids is 2. The first-order valence-corrected chi connectivity index (χ1v) is 10.9. The summed E-state index contributed by atoms with van der Waals surface area (Å²) in [7, 11) is -3.89. The predicted molar refractivity (Wildman–Crippen MR) is 105 cm³/mol. The molecule has 1 aromatic rings. The molecule has 1 saturated heterocycles. The molecule has 2 aliphatic rings. The van der Waals surface area contributed by atoms with Crippen molar-refractivity contribution in [2.24, 2.45) is 4.40 Å². The number of amides is 1. The Morgan fingerprint density at radius 1 is 1.18 bits per heavy atom. The SMILES string of the molecule is CC(C)NC(=O)[C@H](C)OC(=O)c1ccc2c(c1)S(=O)(=O)N=C1CCCCCN12. The van der Waals surface area contributed by atoms with Crippen LogP contribution in [-0.4, -0.2) is 44.8 Å². The van der Waals surface area contributed by atoms with E-state index in [0.717, 1.165) is 19.3 Å². The van der Waals surface area contributed by atoms with Gasteiger partial charge in [0.1, 0.15) is 10.7 Å². The monoisotopic (exact) mass is 407 g/mol. The van der Waals surface area contributed by atoms with E-state index in [0.29, 0.717) is 24.5 Å². The summed E-state index contributed by atoms with van der Waals surface area (Å²) in [5.41, 5.74) is 0.606. The number of amidine groups is 1. The maximum atomic E-state index is 12.6. The lowest BCUT2D eigenvalue weighted by atomic mass is 10.1. The number of nitrogens with zero attached hydrogens (tertiary/aromatic N) is 2. The van der Waals surface area contributed by atoms with Crippen molar-refractivity contribution in [1.82, 2.24) is 5.32 Å². The third-order valence-corrected chi connectivity index (χ3v) is 6.00. The van der Waals surface area contributed by atoms with Crippen LogP contribution in [0.15, 0.2) is 27.5 Å². The van der Waals surface area contributed by atoms with E-state index in [2.05, 4.69) is 9.71 Å². The molecule has 28 heavy (non-hydrogen) atoms. The molecular formula is C19H25N3O5S. The molecule has 9 heteroatoms. The van der Waals surface area contributed by atoms with Crippen molar-refractivity contribution in [1.29, 1.82) is 0 Å². The van der Waals surface area contributed by atoms with Crippen LogP contribution in [0.2, 0.25) is 0 Å². The number of rotatable bonds is 4. The molecule has 2 heterocycles. The number of ether oxygens (including phenoxy) is 1. The van der Waals surface area contributed by atoms with Crippen molar-refractivity contribution in [3.05, 3.63) is 23.8 Å². The minimum absolute atomic E-state index is 0.00751. The molecule has 1 N–H and O–H groups in total. The second-order valence-corrected chi connectivity index (χ2v) is 8.91. The molecule has 1 aromatic carbocycles. The summed E-state index contributed by atoms with van der Waals surface area (Å²) in [6, 6.07) is 4.34. The first-order valence-electron chi connectivity index (χ1n) is 9.46. The van der Waals surface area contributed by atoms with Crippen LogP contribution < -0.4 is 10.2 Å². The van der Waals surface area contributed by atoms with E-state index in [4.69, 9.17) is 4.74 Å². The van der Waals surface area contributed by atoms with Gasteiger partial charge in [0.2, 0.25) is 0 Å². The van der Waals surface area contributed by atoms with E-state index < -0.39 is 28.0 Å². The Kier molecular flexibility index (Phi) is 5.74. The Morgan fingerprint density at radius 2 is 1.93 bits per heavy atom. The molecule has 0 spiro atoms. The van der Waals surface area contributed by atoms with E-state index in [1.54, 1.807) is 19.9 Å². The van der Waals surface area contributed by atoms with Crippen LogP contribution in [0.5, 0.6) is 0 Å². The molecule has 0 aromatic heterocycles. The number of sulfonamides is 1. The summed E-state index contributed by atoms with van der Waals surface area (Å²) in [6.45, 7) is 5.77. The number of anilines is 1. The van der Waals surface area contributed by atoms with Crippen LogP contribution in [0.1, 0.15) is 56.8 Å². The fourth-order valence-corrected chi connectivity index (χ4v) is 4.57. The first kappa shape index (κ1) is 20.3. The zero-order valence-corrected chi connectivity index (χ0v) is 17.1. The lowest BCUT2D eigenvalue weighted by molar-refractivity contribution is -0.129. The van der Waals surface area contributed by atoms with Gasteiger partial charge in [-0.25, -0.2) is 4.79 Å². The Balaban J connectivity index is 1.86. The van der Waals surface area contributed by atoms with Gasteiger partial charge in [-0.05, 0) is 51.8 Å². The van der Waals surface area contributed by atoms with E-state index in [1.807, 2.05) is 4.90 Å². The third-order valence-electron chi connectivity index (χ3n) is 4.67. The second-order valence-electron chi connectivity index (χ2n) is 7.34. The summed E-state index contributed by atoms with van der Waals surface area (Å²) >= 11 is 0. The molecule has 0 unspecified atom stereocenters. The molecule has 1 amide bonds. The Morgan fingerprint density at radius 3 is 2.64 bits per heavy atom. The number of esters is 1. The standard InChI is InChI=1S/C19H25N3O5S/c1-12(2)20-18(23)13(3)27-19(24)14-8-9-15-16(11-14)28(25,26)21-17-7-5-4-6-10-22(15)17/h8-9,11-13H,4-7,10H2,1-3H3,(H,20,23)/t13-/m0/s1. The van der Waals surface area contributed by atoms with Crippen molar-refractivity contribution in [2.45, 2.75) is 63.5 Å². The van der Waals surface area contributed by atoms with E-state index in [-0.39, 0.29) is 16.5 Å². The number of nitrogens with one attached hydrogen (secondary N) is 1. The van der Waals surface area contributed by atoms with Gasteiger partial charge in [-0.1, -0.05) is 6.42 Å². The van der Waals surface area contributed by atoms with Crippen molar-refractivity contribution < 1.29 is 22.7 Å². The number of benzene rings is 1. The molecule has 2 aliphatic heterocycles. The average molecular weight is 407 g/mol. The zero-order valence-electron chi connectivity index (χ0n) is 16.3. The third kappa shape index (κ3) is 4.19. The number of hydrogen-bond donors (Lipinski definition) is 1. The molecule has 0 aliphatic carbocycles. The maximum Gasteiger partial charge on any atom is 0.338 e. The smallest absolute Gasteiger partial charge is 0.338 e. The zero-order chi connectivity index (χ0) is 20.5. The van der Waals surface area contributed by atoms with E-state index >= 15 is 0 Å². The summed E-state index contributed by atoms with van der Waals surface area (Å²) in [5.74, 6) is -0.609. The lowest BCUT2D eigenvalue weighted by Crippen LogP contribution is -2.39. The lowest BCUT2D eigenvalue weighted by Gasteiger charge is -2.29. The van der Waals surface area contributed by atoms with Crippen molar-refractivity contribution in [3.63, 3.8) is 0 Å². The molecule has 8 nitrogen and oxygen atoms in total. The molecule has 0 bridgehead atoms. The highest BCUT2D eigenvalue weighted by Gasteiger charge is 2.32. The number of carbonyl (C=O) groups is 2. The molecular weight excluding hydrogens is 382 g/mol. The fraction of sp³-hybridized carbons (Fsp3) is 0.526. The van der Waals surface area contributed by atoms with E-state index in [9.17, 15) is 18.0 Å². The van der Waals surface area contributed by atoms with Crippen LogP contribution in [0, 0.1) is 0 Å². The highest BCUT2D eigenvalue weighted by atomic mass is 32.2. The van der Waals surface area contributed by atoms with Gasteiger partial charge in [0.15, 0.2) is 6.10 Å². The molecule has 0 radical (unpaired) electrons. The van der Waals surface area contributed by atoms with Gasteiger partial charge < -0.3 is 15.0 Å². The number of hydrogen-bond acceptors (Lipinski definition) is 6. The van der Waals surface area contributed by atoms with Crippen LogP contribution >= 0.6 is 0 Å². The first-order chi connectivity index (χ1) is 13.2. The summed E-state index contributed by atoms with van der Waals surface area (Å²) < 4.78 is 34.4. The van der Waals surface area contributed by atoms with Gasteiger partial charge in [0.05, 0.1) is 11.3 Å². The van der Waals surface area contributed by atoms with Crippen molar-refractivity contribution >= 4 is 33.4 Å². The van der Waals surface area contributed by atoms with Crippen LogP contribution in [0.3, 0.4) is 0 Å². The molecule has 3 rings (SSSR count). The van der Waals surface area contributed by atoms with Gasteiger partial charge >= 0.3 is 5.97 Å². The summed E-state index contributed by atoms with van der Waals surface area (Å²) in [5, 5.41) is 2.66. The van der Waals surface area contributed by atoms with Crippen LogP contribution in [-0.2, 0) is 19.6 Å². The van der Waals surface area contributed by atoms with E-state index in [1.165, 1.54) is 19.1 Å². The highest BCUT2D eigenvalue weighted by molar-refractivity contribution is 7.90. The van der Waals surface area contributed by atoms with Crippen LogP contribution in [0.4, 0.5) is 5.69 Å². The largest absolute Gasteiger partial charge is 0.449 e. The molecule has 0 saturated carbocycles. The second kappa shape index (κ2) is 7.90. The molecule has 1 fully saturated rings. The summed E-state index contributed by atoms with van der Waals surface area (Å²) in [4.78, 5) is 26.3. The quantitative estimate of drug-likeness (QED) is 0.768. The predicted octanol–water partition coefficient (Wildman–Crippen LogP) is 2.24. The Hall–Kier alpha value is -2.42. The highest BCUT2D eigenvalue weighted by Crippen LogP contribution is 2.35. The van der Waals surface area contributed by atoms with Gasteiger partial charge in [-0.3, -0.25) is 4.79 Å². The Bertz CT molecular complexity index is 923. The molecule has 1 atom stereocenters. The van der Waals surface area contributed by atoms with Gasteiger partial charge in [-0.2, -0.15) is 8.42 Å². The van der Waals surface area contributed by atoms with Gasteiger partial charge in [-0.15, -0.1) is 4.40 Å². The van der Waals surface area contributed by atoms with Crippen molar-refractivity contribution in [3.8, 4) is 0 Å². The van der Waals surface area contributed by atoms with Crippen molar-refractivity contribution in [2.75, 3.05) is 11.4 Å². The number of fused-ring (bicyclic) bond motifs is 3. The molecule has 152 valence electrons. The van der Waals surface area contributed by atoms with Crippen LogP contribution in [0.25, 0.3) is 0 Å². The Labute approximate surface area is 165 Å². The summed E-state index contributed by atoms with van der Waals surface area (Å²) in [6.07, 6.45) is 2.50. The minimum Gasteiger partial charge on any atom is -0.449 e. The minimum atomic E-state index is -3.89. The average Bonchev–Trinajstić information content (AvgIpc) is 2.85. The normalized spacial score (nSPS) is 19.0. The maximum absolute atomic E-state index is 12.6. The van der Waals surface area contributed by atoms with Gasteiger partial charge in [0, 0.05) is 19.0 Å². The topological polar surface area (TPSA) is 105 Å². The van der Waals surface area contributed by atoms with Gasteiger partial charge in [0.25, 0.3) is 15.9 Å². The fourth-order valence-electron chi connectivity index (χ4n) is 3.29.